The van der Waals surface area contributed by atoms with E-state index in [1.807, 2.05) is 6.08 Å². The van der Waals surface area contributed by atoms with Crippen LogP contribution in [-0.2, 0) is 14.2 Å². The molecule has 3 rings (SSSR count). The summed E-state index contributed by atoms with van der Waals surface area (Å²) < 4.78 is 16.5. The maximum Gasteiger partial charge on any atom is 0.104 e. The zero-order valence-corrected chi connectivity index (χ0v) is 10.1. The maximum absolute atomic E-state index is 5.80. The van der Waals surface area contributed by atoms with Crippen molar-refractivity contribution in [1.82, 2.24) is 0 Å². The van der Waals surface area contributed by atoms with E-state index in [2.05, 4.69) is 13.2 Å². The van der Waals surface area contributed by atoms with Crippen LogP contribution in [-0.4, -0.2) is 37.6 Å². The number of rotatable bonds is 6. The summed E-state index contributed by atoms with van der Waals surface area (Å²) in [6.07, 6.45) is 6.61. The molecule has 3 heteroatoms. The van der Waals surface area contributed by atoms with Crippen molar-refractivity contribution in [1.29, 1.82) is 0 Å². The predicted molar refractivity (Wildman–Crippen MR) is 64.8 cm³/mol. The van der Waals surface area contributed by atoms with E-state index >= 15 is 0 Å². The van der Waals surface area contributed by atoms with E-state index in [1.165, 1.54) is 12.8 Å². The number of hydrogen-bond acceptors (Lipinski definition) is 3. The van der Waals surface area contributed by atoms with Crippen LogP contribution in [0.1, 0.15) is 19.3 Å². The first-order valence-electron chi connectivity index (χ1n) is 6.48. The van der Waals surface area contributed by atoms with Crippen molar-refractivity contribution >= 4 is 0 Å². The highest BCUT2D eigenvalue weighted by Crippen LogP contribution is 2.42. The van der Waals surface area contributed by atoms with Gasteiger partial charge in [-0.3, -0.25) is 0 Å². The molecule has 2 heterocycles. The molecule has 94 valence electrons. The Morgan fingerprint density at radius 3 is 2.88 bits per heavy atom. The first kappa shape index (κ1) is 11.5. The monoisotopic (exact) mass is 236 g/mol. The normalized spacial score (nSPS) is 40.2. The van der Waals surface area contributed by atoms with Gasteiger partial charge in [-0.2, -0.15) is 0 Å². The molecule has 0 N–H and O–H groups in total. The van der Waals surface area contributed by atoms with Gasteiger partial charge in [-0.1, -0.05) is 12.7 Å². The van der Waals surface area contributed by atoms with E-state index in [9.17, 15) is 0 Å². The van der Waals surface area contributed by atoms with Crippen LogP contribution in [0.5, 0.6) is 0 Å². The van der Waals surface area contributed by atoms with Crippen LogP contribution in [0.3, 0.4) is 0 Å². The lowest BCUT2D eigenvalue weighted by Crippen LogP contribution is -2.24. The van der Waals surface area contributed by atoms with Crippen LogP contribution in [0.25, 0.3) is 0 Å². The fourth-order valence-corrected chi connectivity index (χ4v) is 2.67. The smallest absolute Gasteiger partial charge is 0.104 e. The molecule has 1 saturated carbocycles. The van der Waals surface area contributed by atoms with Gasteiger partial charge in [0.05, 0.1) is 31.5 Å². The Kier molecular flexibility index (Phi) is 3.07. The third-order valence-electron chi connectivity index (χ3n) is 3.97. The zero-order chi connectivity index (χ0) is 11.8. The largest absolute Gasteiger partial charge is 0.371 e. The number of epoxide rings is 2. The third-order valence-corrected chi connectivity index (χ3v) is 3.97. The minimum Gasteiger partial charge on any atom is -0.371 e. The molecule has 5 unspecified atom stereocenters. The van der Waals surface area contributed by atoms with Crippen molar-refractivity contribution < 1.29 is 14.2 Å². The highest BCUT2D eigenvalue weighted by atomic mass is 16.6. The minimum absolute atomic E-state index is 0.0282. The Hall–Kier alpha value is -0.640. The molecule has 0 aromatic rings. The highest BCUT2D eigenvalue weighted by Gasteiger charge is 2.44. The van der Waals surface area contributed by atoms with Crippen molar-refractivity contribution in [2.75, 3.05) is 13.2 Å². The van der Waals surface area contributed by atoms with Crippen LogP contribution >= 0.6 is 0 Å². The summed E-state index contributed by atoms with van der Waals surface area (Å²) in [6.45, 7) is 9.54. The van der Waals surface area contributed by atoms with Crippen molar-refractivity contribution in [2.45, 2.75) is 43.7 Å². The van der Waals surface area contributed by atoms with Crippen LogP contribution in [0.4, 0.5) is 0 Å². The number of fused-ring (bicyclic) bond motifs is 1. The molecule has 0 bridgehead atoms. The molecule has 0 amide bonds. The summed E-state index contributed by atoms with van der Waals surface area (Å²) in [4.78, 5) is 0. The summed E-state index contributed by atoms with van der Waals surface area (Å²) in [5.74, 6) is 0.530. The Morgan fingerprint density at radius 1 is 1.41 bits per heavy atom. The quantitative estimate of drug-likeness (QED) is 0.523. The van der Waals surface area contributed by atoms with Gasteiger partial charge >= 0.3 is 0 Å². The molecule has 3 aliphatic rings. The van der Waals surface area contributed by atoms with Gasteiger partial charge in [-0.25, -0.2) is 0 Å². The Labute approximate surface area is 102 Å². The van der Waals surface area contributed by atoms with Crippen LogP contribution in [0.15, 0.2) is 24.8 Å². The average molecular weight is 236 g/mol. The standard InChI is InChI=1S/C14H20O3/c1-3-12(16-8-11-7-15-11)9(2)10-4-5-13-14(6-10)17-13/h3,10-14H,1-2,4-8H2. The lowest BCUT2D eigenvalue weighted by Gasteiger charge is -2.26. The fraction of sp³-hybridized carbons (Fsp3) is 0.714. The Morgan fingerprint density at radius 2 is 2.24 bits per heavy atom. The summed E-state index contributed by atoms with van der Waals surface area (Å²) in [5, 5.41) is 0. The third kappa shape index (κ3) is 2.62. The first-order chi connectivity index (χ1) is 8.28. The van der Waals surface area contributed by atoms with Crippen LogP contribution < -0.4 is 0 Å². The van der Waals surface area contributed by atoms with Gasteiger partial charge in [0.25, 0.3) is 0 Å². The van der Waals surface area contributed by atoms with Gasteiger partial charge in [0.1, 0.15) is 6.10 Å². The van der Waals surface area contributed by atoms with Crippen LogP contribution in [0, 0.1) is 5.92 Å². The average Bonchev–Trinajstić information content (AvgIpc) is 3.23. The second-order valence-electron chi connectivity index (χ2n) is 5.24. The van der Waals surface area contributed by atoms with Crippen molar-refractivity contribution in [3.8, 4) is 0 Å². The fourth-order valence-electron chi connectivity index (χ4n) is 2.67. The molecule has 0 aromatic carbocycles. The summed E-state index contributed by atoms with van der Waals surface area (Å²) in [5.41, 5.74) is 1.16. The lowest BCUT2D eigenvalue weighted by molar-refractivity contribution is 0.0852. The van der Waals surface area contributed by atoms with E-state index in [4.69, 9.17) is 14.2 Å². The van der Waals surface area contributed by atoms with E-state index in [0.29, 0.717) is 30.8 Å². The first-order valence-corrected chi connectivity index (χ1v) is 6.48. The predicted octanol–water partition coefficient (Wildman–Crippen LogP) is 2.08. The second-order valence-corrected chi connectivity index (χ2v) is 5.24. The van der Waals surface area contributed by atoms with Crippen molar-refractivity contribution in [3.05, 3.63) is 24.8 Å². The molecule has 1 aliphatic carbocycles. The van der Waals surface area contributed by atoms with Gasteiger partial charge in [0.15, 0.2) is 0 Å². The van der Waals surface area contributed by atoms with Crippen LogP contribution in [0.2, 0.25) is 0 Å². The van der Waals surface area contributed by atoms with Gasteiger partial charge < -0.3 is 14.2 Å². The second kappa shape index (κ2) is 4.56. The molecule has 17 heavy (non-hydrogen) atoms. The van der Waals surface area contributed by atoms with Gasteiger partial charge in [0.2, 0.25) is 0 Å². The molecular formula is C14H20O3. The molecule has 3 fully saturated rings. The van der Waals surface area contributed by atoms with Gasteiger partial charge in [0, 0.05) is 0 Å². The molecule has 0 aromatic heterocycles. The molecule has 5 atom stereocenters. The Bertz CT molecular complexity index is 321. The van der Waals surface area contributed by atoms with Gasteiger partial charge in [-0.15, -0.1) is 6.58 Å². The number of hydrogen-bond donors (Lipinski definition) is 0. The van der Waals surface area contributed by atoms with Crippen molar-refractivity contribution in [2.24, 2.45) is 5.92 Å². The van der Waals surface area contributed by atoms with Gasteiger partial charge in [-0.05, 0) is 30.8 Å². The molecule has 0 radical (unpaired) electrons. The SMILES string of the molecule is C=CC(OCC1CO1)C(=C)C1CCC2OC2C1. The number of ether oxygens (including phenoxy) is 3. The highest BCUT2D eigenvalue weighted by molar-refractivity contribution is 5.16. The summed E-state index contributed by atoms with van der Waals surface area (Å²) in [6, 6.07) is 0. The van der Waals surface area contributed by atoms with E-state index < -0.39 is 0 Å². The maximum atomic E-state index is 5.80. The summed E-state index contributed by atoms with van der Waals surface area (Å²) >= 11 is 0. The molecule has 2 saturated heterocycles. The molecule has 3 nitrogen and oxygen atoms in total. The molecule has 2 aliphatic heterocycles. The Balaban J connectivity index is 1.52. The molecular weight excluding hydrogens is 216 g/mol. The topological polar surface area (TPSA) is 34.3 Å². The van der Waals surface area contributed by atoms with E-state index in [1.54, 1.807) is 0 Å². The lowest BCUT2D eigenvalue weighted by atomic mass is 9.82. The molecule has 0 spiro atoms. The summed E-state index contributed by atoms with van der Waals surface area (Å²) in [7, 11) is 0. The minimum atomic E-state index is -0.0282. The van der Waals surface area contributed by atoms with E-state index in [-0.39, 0.29) is 6.10 Å². The zero-order valence-electron chi connectivity index (χ0n) is 10.1. The van der Waals surface area contributed by atoms with Crippen molar-refractivity contribution in [3.63, 3.8) is 0 Å². The van der Waals surface area contributed by atoms with E-state index in [0.717, 1.165) is 18.6 Å².